The standard InChI is InChI=1S/C27H33N5O4S/c1-16-21(37-15-30-16)17-7-8-18(20(33)12-17)13-29-23(34)19-6-5-11-32(19)24(35)22(26(2,3)4)31-25(36)27(14-28)9-10-27/h7-8,12,15,19,22,33H,5-6,9-11,13H2,1-4H3,(H,29,34)(H,31,36). The number of aryl methyl sites for hydroxylation is 1. The molecule has 2 aliphatic rings. The number of aromatic hydroxyl groups is 1. The van der Waals surface area contributed by atoms with Crippen molar-refractivity contribution >= 4 is 29.1 Å². The van der Waals surface area contributed by atoms with Gasteiger partial charge in [-0.2, -0.15) is 5.26 Å². The summed E-state index contributed by atoms with van der Waals surface area (Å²) >= 11 is 1.50. The van der Waals surface area contributed by atoms with Gasteiger partial charge >= 0.3 is 0 Å². The Balaban J connectivity index is 1.42. The van der Waals surface area contributed by atoms with Crippen LogP contribution in [0.2, 0.25) is 0 Å². The van der Waals surface area contributed by atoms with Crippen molar-refractivity contribution in [2.45, 2.75) is 72.0 Å². The molecule has 2 atom stereocenters. The molecule has 37 heavy (non-hydrogen) atoms. The Hall–Kier alpha value is -3.45. The van der Waals surface area contributed by atoms with Crippen LogP contribution >= 0.6 is 11.3 Å². The molecule has 1 saturated carbocycles. The molecule has 1 aromatic heterocycles. The van der Waals surface area contributed by atoms with Crippen LogP contribution in [0.1, 0.15) is 57.7 Å². The third-order valence-electron chi connectivity index (χ3n) is 7.17. The first-order valence-corrected chi connectivity index (χ1v) is 13.4. The van der Waals surface area contributed by atoms with E-state index in [1.165, 1.54) is 16.2 Å². The van der Waals surface area contributed by atoms with Crippen LogP contribution in [0.3, 0.4) is 0 Å². The minimum absolute atomic E-state index is 0.0759. The Kier molecular flexibility index (Phi) is 7.29. The summed E-state index contributed by atoms with van der Waals surface area (Å²) in [6, 6.07) is 5.87. The first-order chi connectivity index (χ1) is 17.5. The monoisotopic (exact) mass is 523 g/mol. The maximum atomic E-state index is 13.6. The molecule has 1 aliphatic carbocycles. The molecule has 10 heteroatoms. The number of amides is 3. The molecule has 1 aromatic carbocycles. The number of hydrogen-bond donors (Lipinski definition) is 3. The number of nitrogens with one attached hydrogen (secondary N) is 2. The lowest BCUT2D eigenvalue weighted by atomic mass is 9.85. The van der Waals surface area contributed by atoms with Gasteiger partial charge in [0.2, 0.25) is 17.7 Å². The van der Waals surface area contributed by atoms with E-state index < -0.39 is 28.8 Å². The lowest BCUT2D eigenvalue weighted by Crippen LogP contribution is -2.58. The molecule has 2 aromatic rings. The SMILES string of the molecule is Cc1ncsc1-c1ccc(CNC(=O)C2CCCN2C(=O)C(NC(=O)C2(C#N)CC2)C(C)(C)C)c(O)c1. The molecule has 0 bridgehead atoms. The number of hydrogen-bond acceptors (Lipinski definition) is 7. The number of carbonyl (C=O) groups excluding carboxylic acids is 3. The second-order valence-electron chi connectivity index (χ2n) is 11.0. The Morgan fingerprint density at radius 2 is 2.05 bits per heavy atom. The highest BCUT2D eigenvalue weighted by Gasteiger charge is 2.53. The van der Waals surface area contributed by atoms with Crippen molar-refractivity contribution in [3.63, 3.8) is 0 Å². The number of rotatable bonds is 7. The molecule has 196 valence electrons. The maximum Gasteiger partial charge on any atom is 0.246 e. The Bertz CT molecular complexity index is 1250. The fourth-order valence-electron chi connectivity index (χ4n) is 4.64. The quantitative estimate of drug-likeness (QED) is 0.510. The van der Waals surface area contributed by atoms with Crippen LogP contribution < -0.4 is 10.6 Å². The Morgan fingerprint density at radius 1 is 1.32 bits per heavy atom. The largest absolute Gasteiger partial charge is 0.508 e. The number of phenolic OH excluding ortho intramolecular Hbond substituents is 1. The fraction of sp³-hybridized carbons (Fsp3) is 0.519. The lowest BCUT2D eigenvalue weighted by Gasteiger charge is -2.35. The second kappa shape index (κ2) is 10.1. The van der Waals surface area contributed by atoms with Gasteiger partial charge in [-0.1, -0.05) is 32.9 Å². The van der Waals surface area contributed by atoms with Gasteiger partial charge in [-0.25, -0.2) is 4.98 Å². The van der Waals surface area contributed by atoms with E-state index in [2.05, 4.69) is 21.7 Å². The highest BCUT2D eigenvalue weighted by atomic mass is 32.1. The number of thiazole rings is 1. The van der Waals surface area contributed by atoms with E-state index in [9.17, 15) is 24.8 Å². The summed E-state index contributed by atoms with van der Waals surface area (Å²) < 4.78 is 0. The summed E-state index contributed by atoms with van der Waals surface area (Å²) in [5, 5.41) is 25.6. The van der Waals surface area contributed by atoms with Crippen molar-refractivity contribution in [2.75, 3.05) is 6.54 Å². The van der Waals surface area contributed by atoms with Crippen molar-refractivity contribution in [3.05, 3.63) is 35.0 Å². The van der Waals surface area contributed by atoms with Crippen molar-refractivity contribution in [2.24, 2.45) is 10.8 Å². The van der Waals surface area contributed by atoms with Crippen molar-refractivity contribution in [1.82, 2.24) is 20.5 Å². The van der Waals surface area contributed by atoms with Gasteiger partial charge in [0.25, 0.3) is 0 Å². The normalized spacial score (nSPS) is 19.1. The zero-order chi connectivity index (χ0) is 27.0. The predicted octanol–water partition coefficient (Wildman–Crippen LogP) is 3.27. The fourth-order valence-corrected chi connectivity index (χ4v) is 5.44. The maximum absolute atomic E-state index is 13.6. The van der Waals surface area contributed by atoms with E-state index in [1.807, 2.05) is 33.8 Å². The van der Waals surface area contributed by atoms with Gasteiger partial charge < -0.3 is 20.6 Å². The molecule has 9 nitrogen and oxygen atoms in total. The van der Waals surface area contributed by atoms with Crippen molar-refractivity contribution in [3.8, 4) is 22.3 Å². The van der Waals surface area contributed by atoms with E-state index in [-0.39, 0.29) is 24.1 Å². The minimum atomic E-state index is -1.04. The summed E-state index contributed by atoms with van der Waals surface area (Å²) in [4.78, 5) is 46.2. The van der Waals surface area contributed by atoms with Gasteiger partial charge in [0.05, 0.1) is 22.2 Å². The van der Waals surface area contributed by atoms with E-state index in [0.717, 1.165) is 16.1 Å². The second-order valence-corrected chi connectivity index (χ2v) is 11.8. The van der Waals surface area contributed by atoms with Crippen LogP contribution in [0.4, 0.5) is 0 Å². The van der Waals surface area contributed by atoms with E-state index >= 15 is 0 Å². The summed E-state index contributed by atoms with van der Waals surface area (Å²) in [6.45, 7) is 8.01. The summed E-state index contributed by atoms with van der Waals surface area (Å²) in [7, 11) is 0. The molecule has 4 rings (SSSR count). The summed E-state index contributed by atoms with van der Waals surface area (Å²) in [6.07, 6.45) is 2.17. The van der Waals surface area contributed by atoms with Crippen LogP contribution in [0.15, 0.2) is 23.7 Å². The number of aromatic nitrogens is 1. The Morgan fingerprint density at radius 3 is 2.62 bits per heavy atom. The molecule has 3 N–H and O–H groups in total. The highest BCUT2D eigenvalue weighted by molar-refractivity contribution is 7.13. The molecule has 0 spiro atoms. The molecular formula is C27H33N5O4S. The number of nitrogens with zero attached hydrogens (tertiary/aromatic N) is 3. The third-order valence-corrected chi connectivity index (χ3v) is 8.15. The first-order valence-electron chi connectivity index (χ1n) is 12.5. The number of likely N-dealkylation sites (tertiary alicyclic amines) is 1. The minimum Gasteiger partial charge on any atom is -0.508 e. The van der Waals surface area contributed by atoms with E-state index in [4.69, 9.17) is 0 Å². The molecule has 2 unspecified atom stereocenters. The van der Waals surface area contributed by atoms with Crippen molar-refractivity contribution < 1.29 is 19.5 Å². The van der Waals surface area contributed by atoms with E-state index in [0.29, 0.717) is 37.8 Å². The summed E-state index contributed by atoms with van der Waals surface area (Å²) in [5.41, 5.74) is 2.43. The van der Waals surface area contributed by atoms with Crippen molar-refractivity contribution in [1.29, 1.82) is 5.26 Å². The third kappa shape index (κ3) is 5.47. The van der Waals surface area contributed by atoms with Crippen LogP contribution in [-0.4, -0.2) is 51.3 Å². The Labute approximate surface area is 220 Å². The zero-order valence-electron chi connectivity index (χ0n) is 21.6. The molecule has 3 amide bonds. The lowest BCUT2D eigenvalue weighted by molar-refractivity contribution is -0.144. The highest BCUT2D eigenvalue weighted by Crippen LogP contribution is 2.45. The number of nitriles is 1. The average molecular weight is 524 g/mol. The van der Waals surface area contributed by atoms with Gasteiger partial charge in [-0.3, -0.25) is 14.4 Å². The molecule has 1 saturated heterocycles. The van der Waals surface area contributed by atoms with Crippen LogP contribution in [0, 0.1) is 29.1 Å². The topological polar surface area (TPSA) is 135 Å². The number of benzene rings is 1. The van der Waals surface area contributed by atoms with Crippen LogP contribution in [-0.2, 0) is 20.9 Å². The average Bonchev–Trinajstić information content (AvgIpc) is 3.28. The molecular weight excluding hydrogens is 490 g/mol. The van der Waals surface area contributed by atoms with Gasteiger partial charge in [0, 0.05) is 18.7 Å². The van der Waals surface area contributed by atoms with E-state index in [1.54, 1.807) is 17.6 Å². The van der Waals surface area contributed by atoms with Gasteiger partial charge in [-0.05, 0) is 49.7 Å². The number of carbonyl (C=O) groups is 3. The molecule has 2 fully saturated rings. The summed E-state index contributed by atoms with van der Waals surface area (Å²) in [5.74, 6) is -0.968. The first kappa shape index (κ1) is 26.6. The van der Waals surface area contributed by atoms with Crippen LogP contribution in [0.5, 0.6) is 5.75 Å². The molecule has 1 aliphatic heterocycles. The molecule has 2 heterocycles. The van der Waals surface area contributed by atoms with Gasteiger partial charge in [0.15, 0.2) is 0 Å². The van der Waals surface area contributed by atoms with Gasteiger partial charge in [-0.15, -0.1) is 11.3 Å². The van der Waals surface area contributed by atoms with Crippen LogP contribution in [0.25, 0.3) is 10.4 Å². The zero-order valence-corrected chi connectivity index (χ0v) is 22.4. The number of phenols is 1. The molecule has 0 radical (unpaired) electrons. The predicted molar refractivity (Wildman–Crippen MR) is 139 cm³/mol. The van der Waals surface area contributed by atoms with Gasteiger partial charge in [0.1, 0.15) is 23.2 Å². The smallest absolute Gasteiger partial charge is 0.246 e.